The third-order valence-corrected chi connectivity index (χ3v) is 4.40. The molecule has 2 rings (SSSR count). The lowest BCUT2D eigenvalue weighted by Gasteiger charge is -2.15. The van der Waals surface area contributed by atoms with E-state index in [9.17, 15) is 0 Å². The van der Waals surface area contributed by atoms with Crippen molar-refractivity contribution in [3.63, 3.8) is 0 Å². The van der Waals surface area contributed by atoms with Gasteiger partial charge in [-0.2, -0.15) is 0 Å². The first-order chi connectivity index (χ1) is 9.51. The summed E-state index contributed by atoms with van der Waals surface area (Å²) in [5.41, 5.74) is 4.87. The predicted octanol–water partition coefficient (Wildman–Crippen LogP) is 5.60. The van der Waals surface area contributed by atoms with Gasteiger partial charge in [0, 0.05) is 10.0 Å². The van der Waals surface area contributed by atoms with Crippen molar-refractivity contribution in [2.24, 2.45) is 0 Å². The molecule has 0 fully saturated rings. The first-order valence-electron chi connectivity index (χ1n) is 6.55. The van der Waals surface area contributed by atoms with Gasteiger partial charge in [0.1, 0.15) is 5.75 Å². The molecule has 3 heteroatoms. The Labute approximate surface area is 134 Å². The summed E-state index contributed by atoms with van der Waals surface area (Å²) in [6.45, 7) is 4.25. The summed E-state index contributed by atoms with van der Waals surface area (Å²) < 4.78 is 6.41. The fraction of sp³-hybridized carbons (Fsp3) is 0.294. The normalized spacial score (nSPS) is 12.2. The summed E-state index contributed by atoms with van der Waals surface area (Å²) in [6, 6.07) is 12.4. The summed E-state index contributed by atoms with van der Waals surface area (Å²) in [4.78, 5) is 0. The van der Waals surface area contributed by atoms with Crippen LogP contribution in [-0.2, 0) is 6.42 Å². The molecule has 0 N–H and O–H groups in total. The first kappa shape index (κ1) is 15.4. The van der Waals surface area contributed by atoms with Gasteiger partial charge in [-0.1, -0.05) is 34.1 Å². The van der Waals surface area contributed by atoms with Crippen molar-refractivity contribution in [3.8, 4) is 5.75 Å². The maximum Gasteiger partial charge on any atom is 0.123 e. The minimum atomic E-state index is -0.107. The third-order valence-electron chi connectivity index (χ3n) is 3.52. The number of hydrogen-bond donors (Lipinski definition) is 0. The second-order valence-corrected chi connectivity index (χ2v) is 6.42. The molecule has 0 heterocycles. The van der Waals surface area contributed by atoms with E-state index in [2.05, 4.69) is 48.0 Å². The van der Waals surface area contributed by atoms with Gasteiger partial charge in [0.05, 0.1) is 12.5 Å². The molecule has 1 unspecified atom stereocenters. The Bertz CT molecular complexity index is 610. The standard InChI is InChI=1S/C17H18BrClO/c1-11-4-5-13(8-12(11)2)9-16(19)15-10-14(18)6-7-17(15)20-3/h4-8,10,16H,9H2,1-3H3. The molecule has 0 aliphatic heterocycles. The lowest BCUT2D eigenvalue weighted by Crippen LogP contribution is -2.00. The van der Waals surface area contributed by atoms with Gasteiger partial charge >= 0.3 is 0 Å². The van der Waals surface area contributed by atoms with Crippen LogP contribution in [0.3, 0.4) is 0 Å². The highest BCUT2D eigenvalue weighted by Gasteiger charge is 2.15. The van der Waals surface area contributed by atoms with Crippen LogP contribution in [0.15, 0.2) is 40.9 Å². The van der Waals surface area contributed by atoms with Crippen molar-refractivity contribution in [1.29, 1.82) is 0 Å². The summed E-state index contributed by atoms with van der Waals surface area (Å²) in [6.07, 6.45) is 0.787. The van der Waals surface area contributed by atoms with E-state index in [1.54, 1.807) is 7.11 Å². The minimum absolute atomic E-state index is 0.107. The van der Waals surface area contributed by atoms with Crippen molar-refractivity contribution in [1.82, 2.24) is 0 Å². The van der Waals surface area contributed by atoms with Crippen LogP contribution >= 0.6 is 27.5 Å². The zero-order chi connectivity index (χ0) is 14.7. The zero-order valence-electron chi connectivity index (χ0n) is 11.9. The van der Waals surface area contributed by atoms with Gasteiger partial charge in [-0.05, 0) is 55.2 Å². The number of alkyl halides is 1. The topological polar surface area (TPSA) is 9.23 Å². The molecule has 20 heavy (non-hydrogen) atoms. The van der Waals surface area contributed by atoms with E-state index < -0.39 is 0 Å². The van der Waals surface area contributed by atoms with Gasteiger partial charge in [-0.25, -0.2) is 0 Å². The van der Waals surface area contributed by atoms with Crippen molar-refractivity contribution < 1.29 is 4.74 Å². The Morgan fingerprint density at radius 2 is 1.85 bits per heavy atom. The highest BCUT2D eigenvalue weighted by Crippen LogP contribution is 2.34. The molecular formula is C17H18BrClO. The van der Waals surface area contributed by atoms with Crippen LogP contribution in [0.5, 0.6) is 5.75 Å². The number of benzene rings is 2. The Kier molecular flexibility index (Phi) is 5.11. The van der Waals surface area contributed by atoms with E-state index in [-0.39, 0.29) is 5.38 Å². The van der Waals surface area contributed by atoms with Gasteiger partial charge in [0.2, 0.25) is 0 Å². The zero-order valence-corrected chi connectivity index (χ0v) is 14.3. The number of halogens is 2. The molecule has 106 valence electrons. The second-order valence-electron chi connectivity index (χ2n) is 4.98. The maximum atomic E-state index is 6.59. The van der Waals surface area contributed by atoms with E-state index >= 15 is 0 Å². The maximum absolute atomic E-state index is 6.59. The number of methoxy groups -OCH3 is 1. The molecule has 2 aromatic rings. The van der Waals surface area contributed by atoms with Crippen molar-refractivity contribution in [2.45, 2.75) is 25.6 Å². The minimum Gasteiger partial charge on any atom is -0.496 e. The summed E-state index contributed by atoms with van der Waals surface area (Å²) in [5.74, 6) is 0.831. The van der Waals surface area contributed by atoms with E-state index in [1.807, 2.05) is 18.2 Å². The molecule has 2 aromatic carbocycles. The first-order valence-corrected chi connectivity index (χ1v) is 7.78. The van der Waals surface area contributed by atoms with Crippen molar-refractivity contribution in [3.05, 3.63) is 63.1 Å². The highest BCUT2D eigenvalue weighted by atomic mass is 79.9. The van der Waals surface area contributed by atoms with Gasteiger partial charge in [-0.15, -0.1) is 11.6 Å². The Balaban J connectivity index is 2.25. The SMILES string of the molecule is COc1ccc(Br)cc1C(Cl)Cc1ccc(C)c(C)c1. The van der Waals surface area contributed by atoms with Gasteiger partial charge in [0.15, 0.2) is 0 Å². The molecule has 1 nitrogen and oxygen atoms in total. The smallest absolute Gasteiger partial charge is 0.123 e. The quantitative estimate of drug-likeness (QED) is 0.650. The summed E-state index contributed by atoms with van der Waals surface area (Å²) in [5, 5.41) is -0.107. The Morgan fingerprint density at radius 1 is 1.10 bits per heavy atom. The largest absolute Gasteiger partial charge is 0.496 e. The van der Waals surface area contributed by atoms with Crippen molar-refractivity contribution in [2.75, 3.05) is 7.11 Å². The molecule has 0 amide bonds. The predicted molar refractivity (Wildman–Crippen MR) is 88.9 cm³/mol. The Morgan fingerprint density at radius 3 is 2.50 bits per heavy atom. The average Bonchev–Trinajstić information content (AvgIpc) is 2.43. The van der Waals surface area contributed by atoms with Gasteiger partial charge < -0.3 is 4.74 Å². The van der Waals surface area contributed by atoms with E-state index in [0.29, 0.717) is 0 Å². The molecule has 0 saturated heterocycles. The molecule has 0 radical (unpaired) electrons. The molecule has 0 bridgehead atoms. The fourth-order valence-corrected chi connectivity index (χ4v) is 2.92. The summed E-state index contributed by atoms with van der Waals surface area (Å²) in [7, 11) is 1.67. The molecule has 0 spiro atoms. The highest BCUT2D eigenvalue weighted by molar-refractivity contribution is 9.10. The average molecular weight is 354 g/mol. The molecule has 0 aromatic heterocycles. The van der Waals surface area contributed by atoms with Crippen LogP contribution in [0.2, 0.25) is 0 Å². The van der Waals surface area contributed by atoms with Crippen LogP contribution < -0.4 is 4.74 Å². The molecule has 0 aliphatic rings. The van der Waals surface area contributed by atoms with Gasteiger partial charge in [0.25, 0.3) is 0 Å². The van der Waals surface area contributed by atoms with Crippen LogP contribution in [0.4, 0.5) is 0 Å². The van der Waals surface area contributed by atoms with Crippen LogP contribution in [0.25, 0.3) is 0 Å². The monoisotopic (exact) mass is 352 g/mol. The van der Waals surface area contributed by atoms with E-state index in [0.717, 1.165) is 22.2 Å². The van der Waals surface area contributed by atoms with Gasteiger partial charge in [-0.3, -0.25) is 0 Å². The lowest BCUT2D eigenvalue weighted by molar-refractivity contribution is 0.409. The number of aryl methyl sites for hydroxylation is 2. The number of hydrogen-bond acceptors (Lipinski definition) is 1. The van der Waals surface area contributed by atoms with Crippen molar-refractivity contribution >= 4 is 27.5 Å². The molecule has 0 saturated carbocycles. The molecular weight excluding hydrogens is 336 g/mol. The van der Waals surface area contributed by atoms with Crippen LogP contribution in [-0.4, -0.2) is 7.11 Å². The third kappa shape index (κ3) is 3.56. The molecule has 0 aliphatic carbocycles. The second kappa shape index (κ2) is 6.64. The Hall–Kier alpha value is -0.990. The molecule has 1 atom stereocenters. The van der Waals surface area contributed by atoms with E-state index in [1.165, 1.54) is 16.7 Å². The summed E-state index contributed by atoms with van der Waals surface area (Å²) >= 11 is 10.1. The van der Waals surface area contributed by atoms with E-state index in [4.69, 9.17) is 16.3 Å². The van der Waals surface area contributed by atoms with Crippen LogP contribution in [0.1, 0.15) is 27.6 Å². The fourth-order valence-electron chi connectivity index (χ4n) is 2.20. The van der Waals surface area contributed by atoms with Crippen LogP contribution in [0, 0.1) is 13.8 Å². The number of ether oxygens (including phenoxy) is 1. The lowest BCUT2D eigenvalue weighted by atomic mass is 10.00. The number of rotatable bonds is 4.